The summed E-state index contributed by atoms with van der Waals surface area (Å²) in [6.45, 7) is 3.85. The topological polar surface area (TPSA) is 92.8 Å². The molecule has 3 aromatic rings. The second-order valence-corrected chi connectivity index (χ2v) is 9.26. The van der Waals surface area contributed by atoms with Gasteiger partial charge in [-0.25, -0.2) is 0 Å². The Kier molecular flexibility index (Phi) is 6.35. The van der Waals surface area contributed by atoms with Crippen LogP contribution in [-0.4, -0.2) is 26.1 Å². The van der Waals surface area contributed by atoms with Crippen LogP contribution in [0, 0.1) is 0 Å². The van der Waals surface area contributed by atoms with E-state index in [1.807, 2.05) is 44.2 Å². The van der Waals surface area contributed by atoms with Crippen molar-refractivity contribution >= 4 is 44.7 Å². The minimum atomic E-state index is -1.00. The van der Waals surface area contributed by atoms with E-state index in [2.05, 4.69) is 5.10 Å². The van der Waals surface area contributed by atoms with E-state index in [1.54, 1.807) is 6.07 Å². The molecule has 0 aliphatic heterocycles. The smallest absolute Gasteiger partial charge is 0.213 e. The predicted molar refractivity (Wildman–Crippen MR) is 119 cm³/mol. The number of nitrogens with zero attached hydrogens (tertiary/aromatic N) is 1. The summed E-state index contributed by atoms with van der Waals surface area (Å²) in [5, 5.41) is 15.2. The lowest BCUT2D eigenvalue weighted by Gasteiger charge is -2.13. The zero-order chi connectivity index (χ0) is 21.1. The molecule has 0 fully saturated rings. The van der Waals surface area contributed by atoms with E-state index >= 15 is 0 Å². The van der Waals surface area contributed by atoms with E-state index in [4.69, 9.17) is 17.4 Å². The molecule has 0 bridgehead atoms. The molecule has 3 N–H and O–H groups in total. The van der Waals surface area contributed by atoms with Crippen LogP contribution in [0.25, 0.3) is 10.8 Å². The van der Waals surface area contributed by atoms with Crippen molar-refractivity contribution in [3.63, 3.8) is 0 Å². The molecule has 3 rings (SSSR count). The number of hydrazone groups is 1. The highest BCUT2D eigenvalue weighted by atomic mass is 35.5. The molecular weight excluding hydrogens is 408 g/mol. The van der Waals surface area contributed by atoms with Crippen LogP contribution in [0.15, 0.2) is 59.7 Å². The molecule has 7 heteroatoms. The highest BCUT2D eigenvalue weighted by Crippen LogP contribution is 2.28. The quantitative estimate of drug-likeness (QED) is 0.263. The summed E-state index contributed by atoms with van der Waals surface area (Å²) in [7, 11) is -1.00. The van der Waals surface area contributed by atoms with Gasteiger partial charge in [-0.1, -0.05) is 61.8 Å². The van der Waals surface area contributed by atoms with Crippen LogP contribution in [0.4, 0.5) is 0 Å². The molecule has 150 valence electrons. The van der Waals surface area contributed by atoms with Crippen molar-refractivity contribution in [2.75, 3.05) is 0 Å². The van der Waals surface area contributed by atoms with Crippen molar-refractivity contribution in [2.45, 2.75) is 24.9 Å². The number of hydrogen-bond donors (Lipinski definition) is 2. The van der Waals surface area contributed by atoms with Crippen molar-refractivity contribution < 1.29 is 14.1 Å². The summed E-state index contributed by atoms with van der Waals surface area (Å²) >= 11 is 5.94. The van der Waals surface area contributed by atoms with Crippen LogP contribution in [0.5, 0.6) is 5.75 Å². The molecule has 29 heavy (non-hydrogen) atoms. The van der Waals surface area contributed by atoms with Crippen molar-refractivity contribution in [1.82, 2.24) is 0 Å². The minimum Gasteiger partial charge on any atom is -0.506 e. The van der Waals surface area contributed by atoms with Crippen molar-refractivity contribution in [3.8, 4) is 5.75 Å². The minimum absolute atomic E-state index is 0.0513. The Labute approximate surface area is 176 Å². The maximum absolute atomic E-state index is 13.0. The molecule has 5 nitrogen and oxygen atoms in total. The lowest BCUT2D eigenvalue weighted by atomic mass is 9.93. The number of carbonyl (C=O) groups excluding carboxylic acids is 1. The van der Waals surface area contributed by atoms with Crippen LogP contribution in [0.1, 0.15) is 35.3 Å². The van der Waals surface area contributed by atoms with Gasteiger partial charge in [-0.3, -0.25) is 9.00 Å². The van der Waals surface area contributed by atoms with E-state index in [0.717, 1.165) is 16.3 Å². The summed E-state index contributed by atoms with van der Waals surface area (Å²) < 4.78 is 12.4. The first-order valence-electron chi connectivity index (χ1n) is 9.02. The summed E-state index contributed by atoms with van der Waals surface area (Å²) in [4.78, 5) is 13.0. The molecule has 1 atom stereocenters. The number of phenolic OH excluding ortho intramolecular Hbond substituents is 1. The molecule has 0 aromatic heterocycles. The predicted octanol–water partition coefficient (Wildman–Crippen LogP) is 4.40. The van der Waals surface area contributed by atoms with Crippen LogP contribution < -0.4 is 5.84 Å². The van der Waals surface area contributed by atoms with E-state index in [-0.39, 0.29) is 27.3 Å². The Hall–Kier alpha value is -2.70. The number of ketones is 1. The number of hydrogen-bond acceptors (Lipinski definition) is 5. The molecule has 0 spiro atoms. The Balaban J connectivity index is 2.09. The molecule has 0 saturated heterocycles. The van der Waals surface area contributed by atoms with Gasteiger partial charge in [-0.05, 0) is 34.5 Å². The average molecular weight is 429 g/mol. The van der Waals surface area contributed by atoms with Gasteiger partial charge in [-0.2, -0.15) is 5.10 Å². The molecule has 1 unspecified atom stereocenters. The van der Waals surface area contributed by atoms with Crippen molar-refractivity contribution in [3.05, 3.63) is 76.3 Å². The number of carbonyl (C=O) groups is 1. The van der Waals surface area contributed by atoms with E-state index in [0.29, 0.717) is 11.3 Å². The maximum Gasteiger partial charge on any atom is 0.213 e. The molecule has 0 heterocycles. The number of Topliss-reactive ketones (excluding diaryl/α,β-unsaturated/α-hetero) is 1. The Morgan fingerprint density at radius 2 is 1.83 bits per heavy atom. The first-order chi connectivity index (χ1) is 13.8. The third-order valence-corrected chi connectivity index (χ3v) is 6.60. The largest absolute Gasteiger partial charge is 0.506 e. The number of nitrogens with two attached hydrogens (primary N) is 1. The zero-order valence-electron chi connectivity index (χ0n) is 16.1. The fourth-order valence-electron chi connectivity index (χ4n) is 3.05. The van der Waals surface area contributed by atoms with E-state index in [9.17, 15) is 14.1 Å². The van der Waals surface area contributed by atoms with Gasteiger partial charge in [0.25, 0.3) is 0 Å². The lowest BCUT2D eigenvalue weighted by Crippen LogP contribution is -2.18. The van der Waals surface area contributed by atoms with Gasteiger partial charge >= 0.3 is 0 Å². The highest BCUT2D eigenvalue weighted by molar-refractivity contribution is 7.84. The van der Waals surface area contributed by atoms with E-state index < -0.39 is 16.6 Å². The van der Waals surface area contributed by atoms with Crippen LogP contribution >= 0.6 is 11.6 Å². The molecule has 3 aromatic carbocycles. The Bertz CT molecular complexity index is 1140. The van der Waals surface area contributed by atoms with Gasteiger partial charge in [0, 0.05) is 32.9 Å². The zero-order valence-corrected chi connectivity index (χ0v) is 17.6. The highest BCUT2D eigenvalue weighted by Gasteiger charge is 2.21. The molecule has 0 aliphatic carbocycles. The second kappa shape index (κ2) is 8.76. The normalized spacial score (nSPS) is 13.0. The maximum atomic E-state index is 13.0. The third-order valence-electron chi connectivity index (χ3n) is 4.65. The van der Waals surface area contributed by atoms with Crippen LogP contribution in [-0.2, 0) is 16.6 Å². The fourth-order valence-corrected chi connectivity index (χ4v) is 4.12. The lowest BCUT2D eigenvalue weighted by molar-refractivity contribution is 0.106. The Morgan fingerprint density at radius 3 is 2.45 bits per heavy atom. The fraction of sp³-hybridized carbons (Fsp3) is 0.182. The number of halogens is 1. The second-order valence-electron chi connectivity index (χ2n) is 6.86. The summed E-state index contributed by atoms with van der Waals surface area (Å²) in [5.41, 5.74) is 1.87. The number of aromatic hydroxyl groups is 1. The van der Waals surface area contributed by atoms with Gasteiger partial charge in [0.2, 0.25) is 5.78 Å². The van der Waals surface area contributed by atoms with Crippen molar-refractivity contribution in [1.29, 1.82) is 0 Å². The van der Waals surface area contributed by atoms with Crippen LogP contribution in [0.3, 0.4) is 0 Å². The average Bonchev–Trinajstić information content (AvgIpc) is 2.71. The molecule has 0 radical (unpaired) electrons. The number of benzene rings is 3. The van der Waals surface area contributed by atoms with Crippen LogP contribution in [0.2, 0.25) is 5.02 Å². The molecule has 0 aliphatic rings. The number of rotatable bonds is 6. The first-order valence-corrected chi connectivity index (χ1v) is 10.8. The van der Waals surface area contributed by atoms with Crippen molar-refractivity contribution in [2.24, 2.45) is 10.9 Å². The van der Waals surface area contributed by atoms with Gasteiger partial charge in [0.1, 0.15) is 11.5 Å². The molecule has 0 saturated carbocycles. The third kappa shape index (κ3) is 4.33. The first kappa shape index (κ1) is 21.0. The van der Waals surface area contributed by atoms with E-state index in [1.165, 1.54) is 18.2 Å². The van der Waals surface area contributed by atoms with Gasteiger partial charge in [-0.15, -0.1) is 0 Å². The summed E-state index contributed by atoms with van der Waals surface area (Å²) in [6.07, 6.45) is 0. The number of phenols is 1. The standard InChI is InChI=1S/C22H21ClN2O3S/c1-13(2)29(28)12-15-7-9-18(17-6-4-3-5-16(15)17)21(25-24)22(27)14-8-10-20(26)19(23)11-14/h3-11,13,26H,12,24H2,1-2H3. The molecular formula is C22H21ClN2O3S. The summed E-state index contributed by atoms with van der Waals surface area (Å²) in [6, 6.07) is 15.4. The van der Waals surface area contributed by atoms with Gasteiger partial charge < -0.3 is 10.9 Å². The van der Waals surface area contributed by atoms with Gasteiger partial charge in [0.15, 0.2) is 0 Å². The molecule has 0 amide bonds. The SMILES string of the molecule is CC(C)S(=O)Cc1ccc(C(=NN)C(=O)c2ccc(O)c(Cl)c2)c2ccccc12. The number of fused-ring (bicyclic) bond motifs is 1. The Morgan fingerprint density at radius 1 is 1.14 bits per heavy atom. The van der Waals surface area contributed by atoms with Gasteiger partial charge in [0.05, 0.1) is 5.02 Å². The summed E-state index contributed by atoms with van der Waals surface area (Å²) in [5.74, 6) is 5.51. The monoisotopic (exact) mass is 428 g/mol.